The predicted octanol–water partition coefficient (Wildman–Crippen LogP) is 4.17. The molecule has 36 heavy (non-hydrogen) atoms. The Bertz CT molecular complexity index is 1000. The molecule has 0 amide bonds. The molecule has 5 rings (SSSR count). The summed E-state index contributed by atoms with van der Waals surface area (Å²) in [6.07, 6.45) is 15.9. The van der Waals surface area contributed by atoms with Crippen LogP contribution in [0, 0.1) is 0 Å². The van der Waals surface area contributed by atoms with Crippen LogP contribution in [0.2, 0.25) is 0 Å². The molecule has 3 atom stereocenters. The van der Waals surface area contributed by atoms with Crippen LogP contribution in [-0.4, -0.2) is 74.4 Å². The fraction of sp³-hybridized carbons (Fsp3) is 0.654. The number of amidine groups is 1. The highest BCUT2D eigenvalue weighted by Gasteiger charge is 2.34. The Labute approximate surface area is 224 Å². The number of aromatic nitrogens is 2. The second kappa shape index (κ2) is 11.3. The molecule has 1 saturated carbocycles. The van der Waals surface area contributed by atoms with Crippen molar-refractivity contribution in [2.45, 2.75) is 81.2 Å². The van der Waals surface area contributed by atoms with Gasteiger partial charge in [0.05, 0.1) is 18.1 Å². The fourth-order valence-corrected chi connectivity index (χ4v) is 7.64. The standard InChI is InChI=1S/C26H40N8S2/c1-18-12-22(31-25(30-18)35-21-8-6-5-7-9-21)23-14-29-26(2,36-23)32-24-15-27-19(13-28-24)16-34-11-10-20(17-34)33(3)4/h12-15,20-22,29H,5-11,16-17H2,1-4H3,(H,28,32)(H,30,31). The normalized spacial score (nSPS) is 29.4. The number of allylic oxidation sites excluding steroid dienone is 1. The SMILES string of the molecule is CC1=CC(C2=CNC(C)(Nc3cnc(CN4CCC(N(C)C)C4)cn3)S2)N=C(SC2CCCCC2)N1. The van der Waals surface area contributed by atoms with Gasteiger partial charge in [-0.15, -0.1) is 0 Å². The van der Waals surface area contributed by atoms with Gasteiger partial charge in [-0.1, -0.05) is 42.8 Å². The topological polar surface area (TPSA) is 80.7 Å². The van der Waals surface area contributed by atoms with Gasteiger partial charge in [0.25, 0.3) is 0 Å². The highest BCUT2D eigenvalue weighted by Crippen LogP contribution is 2.40. The van der Waals surface area contributed by atoms with Crippen LogP contribution in [0.3, 0.4) is 0 Å². The van der Waals surface area contributed by atoms with Gasteiger partial charge in [-0.05, 0) is 53.3 Å². The zero-order valence-electron chi connectivity index (χ0n) is 22.0. The van der Waals surface area contributed by atoms with Gasteiger partial charge in [-0.25, -0.2) is 9.98 Å². The van der Waals surface area contributed by atoms with E-state index in [1.807, 2.05) is 24.2 Å². The molecule has 1 aromatic rings. The Kier molecular flexibility index (Phi) is 8.14. The number of likely N-dealkylation sites (N-methyl/N-ethyl adjacent to an activating group) is 1. The average Bonchev–Trinajstić information content (AvgIpc) is 3.48. The maximum Gasteiger partial charge on any atom is 0.161 e. The van der Waals surface area contributed by atoms with Crippen molar-refractivity contribution in [1.29, 1.82) is 0 Å². The molecule has 1 aliphatic carbocycles. The highest BCUT2D eigenvalue weighted by molar-refractivity contribution is 8.14. The number of anilines is 1. The first kappa shape index (κ1) is 25.9. The highest BCUT2D eigenvalue weighted by atomic mass is 32.2. The maximum atomic E-state index is 5.06. The lowest BCUT2D eigenvalue weighted by Crippen LogP contribution is -2.40. The largest absolute Gasteiger partial charge is 0.360 e. The summed E-state index contributed by atoms with van der Waals surface area (Å²) in [6, 6.07) is 0.675. The maximum absolute atomic E-state index is 5.06. The lowest BCUT2D eigenvalue weighted by atomic mass is 10.0. The number of aliphatic imine (C=N–C) groups is 1. The molecule has 4 heterocycles. The summed E-state index contributed by atoms with van der Waals surface area (Å²) in [6.45, 7) is 7.34. The molecule has 0 bridgehead atoms. The number of nitrogens with one attached hydrogen (secondary N) is 3. The second-order valence-corrected chi connectivity index (χ2v) is 13.5. The van der Waals surface area contributed by atoms with Crippen molar-refractivity contribution in [1.82, 2.24) is 30.4 Å². The third-order valence-electron chi connectivity index (χ3n) is 7.34. The number of hydrogen-bond acceptors (Lipinski definition) is 10. The van der Waals surface area contributed by atoms with E-state index in [1.165, 1.54) is 49.1 Å². The first-order chi connectivity index (χ1) is 17.3. The van der Waals surface area contributed by atoms with Gasteiger partial charge in [0.1, 0.15) is 11.9 Å². The number of nitrogens with zero attached hydrogens (tertiary/aromatic N) is 5. The Morgan fingerprint density at radius 1 is 1.19 bits per heavy atom. The van der Waals surface area contributed by atoms with E-state index in [2.05, 4.69) is 71.0 Å². The van der Waals surface area contributed by atoms with Crippen LogP contribution in [0.15, 0.2) is 40.3 Å². The van der Waals surface area contributed by atoms with Crippen molar-refractivity contribution < 1.29 is 0 Å². The minimum atomic E-state index is -0.391. The minimum Gasteiger partial charge on any atom is -0.360 e. The van der Waals surface area contributed by atoms with Gasteiger partial charge >= 0.3 is 0 Å². The number of rotatable bonds is 7. The average molecular weight is 529 g/mol. The van der Waals surface area contributed by atoms with Crippen LogP contribution in [0.1, 0.15) is 58.1 Å². The molecular weight excluding hydrogens is 488 g/mol. The van der Waals surface area contributed by atoms with Crippen LogP contribution in [0.5, 0.6) is 0 Å². The van der Waals surface area contributed by atoms with Crippen LogP contribution in [0.25, 0.3) is 0 Å². The van der Waals surface area contributed by atoms with E-state index in [0.717, 1.165) is 36.3 Å². The zero-order chi connectivity index (χ0) is 25.1. The molecule has 0 radical (unpaired) electrons. The van der Waals surface area contributed by atoms with Gasteiger partial charge in [0, 0.05) is 47.7 Å². The van der Waals surface area contributed by atoms with E-state index < -0.39 is 4.99 Å². The zero-order valence-corrected chi connectivity index (χ0v) is 23.6. The molecule has 1 aromatic heterocycles. The Morgan fingerprint density at radius 2 is 2.03 bits per heavy atom. The smallest absolute Gasteiger partial charge is 0.161 e. The van der Waals surface area contributed by atoms with Crippen molar-refractivity contribution in [2.75, 3.05) is 32.5 Å². The molecule has 3 aliphatic heterocycles. The molecule has 3 N–H and O–H groups in total. The molecule has 2 fully saturated rings. The Morgan fingerprint density at radius 3 is 2.75 bits per heavy atom. The van der Waals surface area contributed by atoms with Crippen LogP contribution in [0.4, 0.5) is 5.82 Å². The van der Waals surface area contributed by atoms with Crippen molar-refractivity contribution in [3.8, 4) is 0 Å². The minimum absolute atomic E-state index is 0.0402. The molecule has 196 valence electrons. The van der Waals surface area contributed by atoms with Gasteiger partial charge in [0.2, 0.25) is 0 Å². The molecule has 0 spiro atoms. The third-order valence-corrected chi connectivity index (χ3v) is 9.80. The number of hydrogen-bond donors (Lipinski definition) is 3. The summed E-state index contributed by atoms with van der Waals surface area (Å²) in [4.78, 5) is 20.0. The molecule has 4 aliphatic rings. The van der Waals surface area contributed by atoms with Crippen molar-refractivity contribution >= 4 is 34.5 Å². The summed E-state index contributed by atoms with van der Waals surface area (Å²) in [5.74, 6) is 0.776. The predicted molar refractivity (Wildman–Crippen MR) is 153 cm³/mol. The summed E-state index contributed by atoms with van der Waals surface area (Å²) in [7, 11) is 4.32. The van der Waals surface area contributed by atoms with E-state index in [9.17, 15) is 0 Å². The van der Waals surface area contributed by atoms with Crippen molar-refractivity contribution in [3.63, 3.8) is 0 Å². The van der Waals surface area contributed by atoms with E-state index in [-0.39, 0.29) is 6.04 Å². The van der Waals surface area contributed by atoms with E-state index in [4.69, 9.17) is 9.98 Å². The number of likely N-dealkylation sites (tertiary alicyclic amines) is 1. The van der Waals surface area contributed by atoms with Gasteiger partial charge in [-0.3, -0.25) is 9.88 Å². The summed E-state index contributed by atoms with van der Waals surface area (Å²) in [5.41, 5.74) is 2.19. The van der Waals surface area contributed by atoms with Crippen LogP contribution in [-0.2, 0) is 6.54 Å². The fourth-order valence-electron chi connectivity index (χ4n) is 5.25. The monoisotopic (exact) mass is 528 g/mol. The van der Waals surface area contributed by atoms with Crippen LogP contribution >= 0.6 is 23.5 Å². The second-order valence-electron chi connectivity index (χ2n) is 10.7. The number of thioether (sulfide) groups is 2. The van der Waals surface area contributed by atoms with Gasteiger partial charge in [-0.2, -0.15) is 0 Å². The van der Waals surface area contributed by atoms with Gasteiger partial charge in [0.15, 0.2) is 10.2 Å². The molecule has 8 nitrogen and oxygen atoms in total. The Hall–Kier alpha value is -1.75. The lowest BCUT2D eigenvalue weighted by molar-refractivity contribution is 0.263. The van der Waals surface area contributed by atoms with E-state index in [0.29, 0.717) is 11.3 Å². The molecule has 1 saturated heterocycles. The van der Waals surface area contributed by atoms with Crippen molar-refractivity contribution in [3.05, 3.63) is 41.0 Å². The lowest BCUT2D eigenvalue weighted by Gasteiger charge is -2.28. The Balaban J connectivity index is 1.15. The molecule has 10 heteroatoms. The van der Waals surface area contributed by atoms with E-state index >= 15 is 0 Å². The first-order valence-electron chi connectivity index (χ1n) is 13.2. The van der Waals surface area contributed by atoms with E-state index in [1.54, 1.807) is 11.8 Å². The van der Waals surface area contributed by atoms with Crippen molar-refractivity contribution in [2.24, 2.45) is 4.99 Å². The summed E-state index contributed by atoms with van der Waals surface area (Å²) < 4.78 is 0. The molecule has 3 unspecified atom stereocenters. The third kappa shape index (κ3) is 6.57. The molecular formula is C26H40N8S2. The first-order valence-corrected chi connectivity index (χ1v) is 14.9. The quantitative estimate of drug-likeness (QED) is 0.483. The van der Waals surface area contributed by atoms with Crippen LogP contribution < -0.4 is 16.0 Å². The molecule has 0 aromatic carbocycles. The summed E-state index contributed by atoms with van der Waals surface area (Å²) in [5, 5.41) is 12.3. The van der Waals surface area contributed by atoms with Gasteiger partial charge < -0.3 is 20.9 Å². The summed E-state index contributed by atoms with van der Waals surface area (Å²) >= 11 is 3.69.